The molecule has 0 radical (unpaired) electrons. The largest absolute Gasteiger partial charge is 0.358 e. The van der Waals surface area contributed by atoms with Crippen LogP contribution in [0.15, 0.2) is 24.3 Å². The van der Waals surface area contributed by atoms with E-state index in [1.54, 1.807) is 0 Å². The lowest BCUT2D eigenvalue weighted by molar-refractivity contribution is 0.0909. The van der Waals surface area contributed by atoms with Gasteiger partial charge in [0.1, 0.15) is 0 Å². The number of hydrogen-bond donors (Lipinski definition) is 1. The number of ketones is 1. The summed E-state index contributed by atoms with van der Waals surface area (Å²) in [6, 6.07) is 8.07. The summed E-state index contributed by atoms with van der Waals surface area (Å²) in [7, 11) is 0. The molecule has 0 fully saturated rings. The Kier molecular flexibility index (Phi) is 4.41. The Balaban J connectivity index is 2.37. The zero-order chi connectivity index (χ0) is 13.8. The molecule has 19 heavy (non-hydrogen) atoms. The van der Waals surface area contributed by atoms with Crippen molar-refractivity contribution in [1.82, 2.24) is 4.98 Å². The molecule has 1 aromatic heterocycles. The average Bonchev–Trinajstić information content (AvgIpc) is 2.75. The lowest BCUT2D eigenvalue weighted by Crippen LogP contribution is -2.14. The molecule has 0 spiro atoms. The van der Waals surface area contributed by atoms with Gasteiger partial charge in [-0.3, -0.25) is 4.79 Å². The fourth-order valence-corrected chi connectivity index (χ4v) is 2.77. The molecule has 2 aromatic rings. The first-order chi connectivity index (χ1) is 9.19. The third-order valence-electron chi connectivity index (χ3n) is 3.91. The van der Waals surface area contributed by atoms with E-state index in [9.17, 15) is 4.79 Å². The number of nitrogens with one attached hydrogen (secondary N) is 1. The van der Waals surface area contributed by atoms with Crippen LogP contribution in [0.4, 0.5) is 0 Å². The Hall–Kier alpha value is -1.57. The van der Waals surface area contributed by atoms with Gasteiger partial charge in [-0.15, -0.1) is 0 Å². The summed E-state index contributed by atoms with van der Waals surface area (Å²) < 4.78 is 0. The van der Waals surface area contributed by atoms with Crippen molar-refractivity contribution in [3.63, 3.8) is 0 Å². The van der Waals surface area contributed by atoms with Crippen LogP contribution in [0.2, 0.25) is 0 Å². The predicted octanol–water partition coefficient (Wildman–Crippen LogP) is 4.88. The van der Waals surface area contributed by atoms with Gasteiger partial charge in [0.25, 0.3) is 0 Å². The summed E-state index contributed by atoms with van der Waals surface area (Å²) in [4.78, 5) is 16.1. The van der Waals surface area contributed by atoms with Crippen molar-refractivity contribution in [2.45, 2.75) is 46.5 Å². The SMILES string of the molecule is CCCCC(CC)C(=O)c1c(C)[nH]c2ccccc12. The number of carbonyl (C=O) groups excluding carboxylic acids is 1. The van der Waals surface area contributed by atoms with Crippen LogP contribution in [-0.4, -0.2) is 10.8 Å². The minimum atomic E-state index is 0.165. The monoisotopic (exact) mass is 257 g/mol. The van der Waals surface area contributed by atoms with Gasteiger partial charge in [0.2, 0.25) is 0 Å². The summed E-state index contributed by atoms with van der Waals surface area (Å²) in [5.41, 5.74) is 2.97. The smallest absolute Gasteiger partial charge is 0.168 e. The normalized spacial score (nSPS) is 12.8. The highest BCUT2D eigenvalue weighted by atomic mass is 16.1. The lowest BCUT2D eigenvalue weighted by Gasteiger charge is -2.13. The predicted molar refractivity (Wildman–Crippen MR) is 80.7 cm³/mol. The number of rotatable bonds is 6. The maximum Gasteiger partial charge on any atom is 0.168 e. The molecule has 0 aliphatic carbocycles. The van der Waals surface area contributed by atoms with Gasteiger partial charge >= 0.3 is 0 Å². The Morgan fingerprint density at radius 1 is 1.26 bits per heavy atom. The Bertz CT molecular complexity index is 568. The van der Waals surface area contributed by atoms with Crippen LogP contribution in [0.25, 0.3) is 10.9 Å². The van der Waals surface area contributed by atoms with Gasteiger partial charge in [-0.1, -0.05) is 44.9 Å². The molecule has 0 amide bonds. The minimum absolute atomic E-state index is 0.165. The Morgan fingerprint density at radius 3 is 2.68 bits per heavy atom. The topological polar surface area (TPSA) is 32.9 Å². The maximum atomic E-state index is 12.8. The Morgan fingerprint density at radius 2 is 2.00 bits per heavy atom. The number of benzene rings is 1. The molecule has 1 heterocycles. The summed E-state index contributed by atoms with van der Waals surface area (Å²) in [6.45, 7) is 6.29. The number of fused-ring (bicyclic) bond motifs is 1. The molecule has 0 saturated carbocycles. The van der Waals surface area contributed by atoms with E-state index >= 15 is 0 Å². The van der Waals surface area contributed by atoms with Crippen LogP contribution < -0.4 is 0 Å². The molecule has 0 bridgehead atoms. The molecule has 1 N–H and O–H groups in total. The fourth-order valence-electron chi connectivity index (χ4n) is 2.77. The van der Waals surface area contributed by atoms with Crippen LogP contribution in [0, 0.1) is 12.8 Å². The van der Waals surface area contributed by atoms with Gasteiger partial charge in [-0.25, -0.2) is 0 Å². The highest BCUT2D eigenvalue weighted by Crippen LogP contribution is 2.27. The van der Waals surface area contributed by atoms with Crippen LogP contribution in [0.1, 0.15) is 55.6 Å². The van der Waals surface area contributed by atoms with Crippen LogP contribution in [0.5, 0.6) is 0 Å². The van der Waals surface area contributed by atoms with E-state index in [0.717, 1.165) is 47.8 Å². The van der Waals surface area contributed by atoms with Crippen molar-refractivity contribution >= 4 is 16.7 Å². The van der Waals surface area contributed by atoms with Crippen LogP contribution in [-0.2, 0) is 0 Å². The van der Waals surface area contributed by atoms with E-state index in [1.807, 2.05) is 31.2 Å². The number of para-hydroxylation sites is 1. The molecule has 1 atom stereocenters. The number of carbonyl (C=O) groups is 1. The number of aromatic amines is 1. The second-order valence-corrected chi connectivity index (χ2v) is 5.28. The first-order valence-electron chi connectivity index (χ1n) is 7.30. The molecule has 0 aliphatic rings. The van der Waals surface area contributed by atoms with Gasteiger partial charge < -0.3 is 4.98 Å². The number of aryl methyl sites for hydroxylation is 1. The number of H-pyrrole nitrogens is 1. The zero-order valence-corrected chi connectivity index (χ0v) is 12.1. The summed E-state index contributed by atoms with van der Waals surface area (Å²) in [5, 5.41) is 1.07. The number of aromatic nitrogens is 1. The van der Waals surface area contributed by atoms with Crippen molar-refractivity contribution in [3.05, 3.63) is 35.5 Å². The van der Waals surface area contributed by atoms with Gasteiger partial charge in [0, 0.05) is 28.1 Å². The summed E-state index contributed by atoms with van der Waals surface area (Å²) >= 11 is 0. The molecular formula is C17H23NO. The third kappa shape index (κ3) is 2.73. The average molecular weight is 257 g/mol. The van der Waals surface area contributed by atoms with Gasteiger partial charge in [-0.05, 0) is 25.8 Å². The van der Waals surface area contributed by atoms with Crippen molar-refractivity contribution in [2.75, 3.05) is 0 Å². The molecule has 102 valence electrons. The highest BCUT2D eigenvalue weighted by molar-refractivity contribution is 6.10. The number of unbranched alkanes of at least 4 members (excludes halogenated alkanes) is 1. The maximum absolute atomic E-state index is 12.8. The quantitative estimate of drug-likeness (QED) is 0.735. The van der Waals surface area contributed by atoms with E-state index in [2.05, 4.69) is 18.8 Å². The number of hydrogen-bond acceptors (Lipinski definition) is 1. The summed E-state index contributed by atoms with van der Waals surface area (Å²) in [5.74, 6) is 0.476. The molecule has 2 heteroatoms. The lowest BCUT2D eigenvalue weighted by atomic mass is 9.89. The molecule has 1 aromatic carbocycles. The second-order valence-electron chi connectivity index (χ2n) is 5.28. The molecule has 2 rings (SSSR count). The first-order valence-corrected chi connectivity index (χ1v) is 7.30. The standard InChI is InChI=1S/C17H23NO/c1-4-6-9-13(5-2)17(19)16-12(3)18-15-11-8-7-10-14(15)16/h7-8,10-11,13,18H,4-6,9H2,1-3H3. The fraction of sp³-hybridized carbons (Fsp3) is 0.471. The van der Waals surface area contributed by atoms with E-state index in [4.69, 9.17) is 0 Å². The molecule has 0 saturated heterocycles. The van der Waals surface area contributed by atoms with E-state index < -0.39 is 0 Å². The van der Waals surface area contributed by atoms with Crippen LogP contribution >= 0.6 is 0 Å². The Labute approximate surface area is 115 Å². The van der Waals surface area contributed by atoms with Crippen molar-refractivity contribution in [1.29, 1.82) is 0 Å². The molecule has 0 aliphatic heterocycles. The van der Waals surface area contributed by atoms with Gasteiger partial charge in [0.05, 0.1) is 0 Å². The van der Waals surface area contributed by atoms with Gasteiger partial charge in [0.15, 0.2) is 5.78 Å². The zero-order valence-electron chi connectivity index (χ0n) is 12.1. The highest BCUT2D eigenvalue weighted by Gasteiger charge is 2.22. The van der Waals surface area contributed by atoms with E-state index in [1.165, 1.54) is 0 Å². The van der Waals surface area contributed by atoms with Crippen molar-refractivity contribution in [3.8, 4) is 0 Å². The van der Waals surface area contributed by atoms with E-state index in [0.29, 0.717) is 5.78 Å². The van der Waals surface area contributed by atoms with Gasteiger partial charge in [-0.2, -0.15) is 0 Å². The number of Topliss-reactive ketones (excluding diaryl/α,β-unsaturated/α-hetero) is 1. The first kappa shape index (κ1) is 13.9. The molecule has 1 unspecified atom stereocenters. The molecular weight excluding hydrogens is 234 g/mol. The van der Waals surface area contributed by atoms with E-state index in [-0.39, 0.29) is 5.92 Å². The van der Waals surface area contributed by atoms with Crippen molar-refractivity contribution in [2.24, 2.45) is 5.92 Å². The molecule has 2 nitrogen and oxygen atoms in total. The second kappa shape index (κ2) is 6.05. The third-order valence-corrected chi connectivity index (χ3v) is 3.91. The van der Waals surface area contributed by atoms with Crippen LogP contribution in [0.3, 0.4) is 0 Å². The summed E-state index contributed by atoms with van der Waals surface area (Å²) in [6.07, 6.45) is 4.21. The minimum Gasteiger partial charge on any atom is -0.358 e. The van der Waals surface area contributed by atoms with Crippen molar-refractivity contribution < 1.29 is 4.79 Å².